The van der Waals surface area contributed by atoms with Crippen molar-refractivity contribution in [2.24, 2.45) is 5.14 Å². The van der Waals surface area contributed by atoms with Gasteiger partial charge in [0, 0.05) is 5.69 Å². The van der Waals surface area contributed by atoms with E-state index in [0.717, 1.165) is 18.2 Å². The van der Waals surface area contributed by atoms with E-state index in [-0.39, 0.29) is 16.1 Å². The number of aryl methyl sites for hydroxylation is 1. The highest BCUT2D eigenvalue weighted by Crippen LogP contribution is 2.24. The maximum atomic E-state index is 12.2. The Morgan fingerprint density at radius 2 is 1.70 bits per heavy atom. The number of benzene rings is 2. The average Bonchev–Trinajstić information content (AvgIpc) is 2.61. The molecule has 0 saturated heterocycles. The summed E-state index contributed by atoms with van der Waals surface area (Å²) in [6.07, 6.45) is -6.13. The number of nitrogens with one attached hydrogen (secondary N) is 1. The number of carbonyl (C=O) groups is 2. The first kappa shape index (κ1) is 23.2. The molecule has 1 unspecified atom stereocenters. The van der Waals surface area contributed by atoms with E-state index in [9.17, 15) is 31.2 Å². The summed E-state index contributed by atoms with van der Waals surface area (Å²) in [4.78, 5) is 24.1. The van der Waals surface area contributed by atoms with Crippen LogP contribution in [0.5, 0.6) is 5.75 Å². The van der Waals surface area contributed by atoms with Gasteiger partial charge >= 0.3 is 12.3 Å². The highest BCUT2D eigenvalue weighted by molar-refractivity contribution is 7.89. The van der Waals surface area contributed by atoms with Crippen molar-refractivity contribution in [3.05, 3.63) is 53.6 Å². The lowest BCUT2D eigenvalue weighted by Gasteiger charge is -2.15. The van der Waals surface area contributed by atoms with Crippen LogP contribution in [0, 0.1) is 6.92 Å². The van der Waals surface area contributed by atoms with Crippen LogP contribution in [-0.4, -0.2) is 32.8 Å². The molecule has 2 aromatic carbocycles. The molecule has 2 rings (SSSR count). The highest BCUT2D eigenvalue weighted by Gasteiger charge is 2.31. The highest BCUT2D eigenvalue weighted by atomic mass is 32.2. The molecule has 0 aliphatic carbocycles. The summed E-state index contributed by atoms with van der Waals surface area (Å²) in [6.45, 7) is 2.76. The number of primary sulfonamides is 1. The normalized spacial score (nSPS) is 12.7. The molecule has 162 valence electrons. The minimum atomic E-state index is -4.84. The number of halogens is 3. The molecule has 0 spiro atoms. The second-order valence-electron chi connectivity index (χ2n) is 6.13. The second-order valence-corrected chi connectivity index (χ2v) is 7.66. The summed E-state index contributed by atoms with van der Waals surface area (Å²) >= 11 is 0. The lowest BCUT2D eigenvalue weighted by molar-refractivity contribution is -0.274. The van der Waals surface area contributed by atoms with E-state index in [1.165, 1.54) is 38.1 Å². The number of alkyl halides is 3. The SMILES string of the molecule is Cc1ccc(C(=O)OC(C)C(=O)Nc2ccc(OC(F)(F)F)cc2)cc1S(N)(=O)=O. The third-order valence-corrected chi connectivity index (χ3v) is 4.79. The van der Waals surface area contributed by atoms with Crippen LogP contribution in [0.3, 0.4) is 0 Å². The monoisotopic (exact) mass is 446 g/mol. The van der Waals surface area contributed by atoms with Gasteiger partial charge in [0.2, 0.25) is 10.0 Å². The molecule has 0 aliphatic heterocycles. The topological polar surface area (TPSA) is 125 Å². The molecule has 0 aromatic heterocycles. The van der Waals surface area contributed by atoms with Crippen molar-refractivity contribution in [3.8, 4) is 5.75 Å². The molecule has 2 aromatic rings. The second kappa shape index (κ2) is 8.71. The van der Waals surface area contributed by atoms with Crippen LogP contribution < -0.4 is 15.2 Å². The quantitative estimate of drug-likeness (QED) is 0.658. The van der Waals surface area contributed by atoms with Gasteiger partial charge in [-0.2, -0.15) is 0 Å². The van der Waals surface area contributed by atoms with Gasteiger partial charge in [0.05, 0.1) is 10.5 Å². The number of hydrogen-bond donors (Lipinski definition) is 2. The van der Waals surface area contributed by atoms with Gasteiger partial charge < -0.3 is 14.8 Å². The minimum Gasteiger partial charge on any atom is -0.449 e. The molecule has 0 saturated carbocycles. The zero-order valence-electron chi connectivity index (χ0n) is 15.7. The Morgan fingerprint density at radius 3 is 2.23 bits per heavy atom. The summed E-state index contributed by atoms with van der Waals surface area (Å²) in [6, 6.07) is 8.07. The fraction of sp³-hybridized carbons (Fsp3) is 0.222. The number of carbonyl (C=O) groups excluding carboxylic acids is 2. The van der Waals surface area contributed by atoms with Gasteiger partial charge in [-0.3, -0.25) is 4.79 Å². The van der Waals surface area contributed by atoms with Crippen LogP contribution in [0.25, 0.3) is 0 Å². The van der Waals surface area contributed by atoms with E-state index in [4.69, 9.17) is 9.88 Å². The molecular formula is C18H17F3N2O6S. The Morgan fingerprint density at radius 1 is 1.10 bits per heavy atom. The first-order valence-electron chi connectivity index (χ1n) is 8.27. The van der Waals surface area contributed by atoms with E-state index < -0.39 is 40.1 Å². The number of nitrogens with two attached hydrogens (primary N) is 1. The molecule has 12 heteroatoms. The zero-order chi connectivity index (χ0) is 22.7. The van der Waals surface area contributed by atoms with E-state index in [1.54, 1.807) is 0 Å². The Hall–Kier alpha value is -3.12. The summed E-state index contributed by atoms with van der Waals surface area (Å²) in [5.41, 5.74) is 0.347. The molecule has 1 atom stereocenters. The van der Waals surface area contributed by atoms with Gasteiger partial charge in [-0.25, -0.2) is 18.4 Å². The Kier molecular flexibility index (Phi) is 6.73. The number of esters is 1. The molecular weight excluding hydrogens is 429 g/mol. The number of hydrogen-bond acceptors (Lipinski definition) is 6. The summed E-state index contributed by atoms with van der Waals surface area (Å²) in [5.74, 6) is -2.19. The van der Waals surface area contributed by atoms with Gasteiger partial charge in [0.15, 0.2) is 6.10 Å². The number of sulfonamides is 1. The van der Waals surface area contributed by atoms with Crippen molar-refractivity contribution < 1.29 is 40.7 Å². The van der Waals surface area contributed by atoms with E-state index in [2.05, 4.69) is 10.1 Å². The van der Waals surface area contributed by atoms with Crippen molar-refractivity contribution in [2.45, 2.75) is 31.2 Å². The van der Waals surface area contributed by atoms with Gasteiger partial charge in [-0.15, -0.1) is 13.2 Å². The molecule has 3 N–H and O–H groups in total. The van der Waals surface area contributed by atoms with E-state index >= 15 is 0 Å². The number of rotatable bonds is 6. The van der Waals surface area contributed by atoms with Crippen LogP contribution in [0.2, 0.25) is 0 Å². The molecule has 8 nitrogen and oxygen atoms in total. The van der Waals surface area contributed by atoms with Gasteiger partial charge in [0.1, 0.15) is 5.75 Å². The predicted octanol–water partition coefficient (Wildman–Crippen LogP) is 2.73. The fourth-order valence-electron chi connectivity index (χ4n) is 2.30. The number of ether oxygens (including phenoxy) is 2. The molecule has 0 fully saturated rings. The van der Waals surface area contributed by atoms with Crippen molar-refractivity contribution in [2.75, 3.05) is 5.32 Å². The van der Waals surface area contributed by atoms with Crippen molar-refractivity contribution in [1.82, 2.24) is 0 Å². The first-order valence-corrected chi connectivity index (χ1v) is 9.82. The van der Waals surface area contributed by atoms with Gasteiger partial charge in [-0.1, -0.05) is 6.07 Å². The smallest absolute Gasteiger partial charge is 0.449 e. The maximum absolute atomic E-state index is 12.2. The molecule has 0 heterocycles. The van der Waals surface area contributed by atoms with Crippen LogP contribution in [-0.2, 0) is 19.6 Å². The lowest BCUT2D eigenvalue weighted by atomic mass is 10.1. The molecule has 0 bridgehead atoms. The first-order chi connectivity index (χ1) is 13.8. The largest absolute Gasteiger partial charge is 0.573 e. The van der Waals surface area contributed by atoms with Gasteiger partial charge in [-0.05, 0) is 55.8 Å². The van der Waals surface area contributed by atoms with Crippen LogP contribution in [0.4, 0.5) is 18.9 Å². The van der Waals surface area contributed by atoms with E-state index in [1.807, 2.05) is 0 Å². The average molecular weight is 446 g/mol. The molecule has 30 heavy (non-hydrogen) atoms. The van der Waals surface area contributed by atoms with Gasteiger partial charge in [0.25, 0.3) is 5.91 Å². The zero-order valence-corrected chi connectivity index (χ0v) is 16.5. The fourth-order valence-corrected chi connectivity index (χ4v) is 3.11. The molecule has 1 amide bonds. The standard InChI is InChI=1S/C18H17F3N2O6S/c1-10-3-4-12(9-15(10)30(22,26)27)17(25)28-11(2)16(24)23-13-5-7-14(8-6-13)29-18(19,20)21/h3-9,11H,1-2H3,(H,23,24)(H2,22,26,27). The van der Waals surface area contributed by atoms with Crippen molar-refractivity contribution in [1.29, 1.82) is 0 Å². The van der Waals surface area contributed by atoms with Crippen LogP contribution >= 0.6 is 0 Å². The Balaban J connectivity index is 2.03. The lowest BCUT2D eigenvalue weighted by Crippen LogP contribution is -2.30. The Labute approximate surface area is 169 Å². The van der Waals surface area contributed by atoms with E-state index in [0.29, 0.717) is 5.56 Å². The van der Waals surface area contributed by atoms with Crippen LogP contribution in [0.1, 0.15) is 22.8 Å². The number of amides is 1. The van der Waals surface area contributed by atoms with Crippen molar-refractivity contribution in [3.63, 3.8) is 0 Å². The minimum absolute atomic E-state index is 0.127. The third kappa shape index (κ3) is 6.46. The predicted molar refractivity (Wildman–Crippen MR) is 99.2 cm³/mol. The Bertz CT molecular complexity index is 1050. The molecule has 0 aliphatic rings. The van der Waals surface area contributed by atoms with Crippen LogP contribution in [0.15, 0.2) is 47.4 Å². The molecule has 0 radical (unpaired) electrons. The third-order valence-electron chi connectivity index (χ3n) is 3.74. The number of anilines is 1. The van der Waals surface area contributed by atoms with Crippen molar-refractivity contribution >= 4 is 27.6 Å². The maximum Gasteiger partial charge on any atom is 0.573 e. The summed E-state index contributed by atoms with van der Waals surface area (Å²) in [5, 5.41) is 7.46. The summed E-state index contributed by atoms with van der Waals surface area (Å²) < 4.78 is 68.3. The summed E-state index contributed by atoms with van der Waals surface area (Å²) in [7, 11) is -4.06.